The van der Waals surface area contributed by atoms with Gasteiger partial charge in [0.1, 0.15) is 0 Å². The summed E-state index contributed by atoms with van der Waals surface area (Å²) in [6.07, 6.45) is 0. The van der Waals surface area contributed by atoms with Crippen molar-refractivity contribution < 1.29 is 19.6 Å². The van der Waals surface area contributed by atoms with Crippen LogP contribution in [-0.2, 0) is 0 Å². The average molecular weight is 345 g/mol. The molecule has 2 aromatic carbocycles. The van der Waals surface area contributed by atoms with Gasteiger partial charge in [-0.25, -0.2) is 4.79 Å². The van der Waals surface area contributed by atoms with E-state index in [1.54, 1.807) is 12.1 Å². The summed E-state index contributed by atoms with van der Waals surface area (Å²) in [7, 11) is 0. The van der Waals surface area contributed by atoms with Crippen LogP contribution in [0, 0.1) is 10.1 Å². The highest BCUT2D eigenvalue weighted by atomic mass is 32.1. The van der Waals surface area contributed by atoms with Gasteiger partial charge in [0.25, 0.3) is 11.6 Å². The van der Waals surface area contributed by atoms with Crippen molar-refractivity contribution in [1.29, 1.82) is 0 Å². The smallest absolute Gasteiger partial charge is 0.337 e. The zero-order valence-corrected chi connectivity index (χ0v) is 12.9. The van der Waals surface area contributed by atoms with E-state index in [-0.39, 0.29) is 27.6 Å². The second-order valence-electron chi connectivity index (χ2n) is 4.56. The molecule has 0 radical (unpaired) electrons. The number of thiocarbonyl (C=S) groups is 1. The van der Waals surface area contributed by atoms with Gasteiger partial charge in [0.05, 0.1) is 16.2 Å². The van der Waals surface area contributed by atoms with Gasteiger partial charge in [-0.2, -0.15) is 0 Å². The maximum Gasteiger partial charge on any atom is 0.337 e. The Bertz CT molecular complexity index is 820. The summed E-state index contributed by atoms with van der Waals surface area (Å²) in [6, 6.07) is 11.1. The van der Waals surface area contributed by atoms with Crippen LogP contribution in [0.25, 0.3) is 0 Å². The van der Waals surface area contributed by atoms with Crippen LogP contribution in [0.4, 0.5) is 11.4 Å². The molecule has 0 aromatic heterocycles. The van der Waals surface area contributed by atoms with Crippen molar-refractivity contribution in [3.63, 3.8) is 0 Å². The Morgan fingerprint density at radius 1 is 1.08 bits per heavy atom. The summed E-state index contributed by atoms with van der Waals surface area (Å²) in [5, 5.41) is 24.6. The Morgan fingerprint density at radius 2 is 1.71 bits per heavy atom. The number of para-hydroxylation sites is 1. The largest absolute Gasteiger partial charge is 0.478 e. The fourth-order valence-corrected chi connectivity index (χ4v) is 2.04. The van der Waals surface area contributed by atoms with Crippen molar-refractivity contribution in [2.24, 2.45) is 0 Å². The summed E-state index contributed by atoms with van der Waals surface area (Å²) in [6.45, 7) is 0. The van der Waals surface area contributed by atoms with Gasteiger partial charge in [0.15, 0.2) is 5.11 Å². The molecule has 0 heterocycles. The lowest BCUT2D eigenvalue weighted by atomic mass is 10.2. The number of aromatic carboxylic acids is 1. The molecule has 2 rings (SSSR count). The van der Waals surface area contributed by atoms with E-state index in [1.165, 1.54) is 36.4 Å². The molecule has 0 saturated carbocycles. The SMILES string of the molecule is O=C(NC(=S)Nc1ccccc1C(=O)O)c1ccc([N+](=O)[O-])cc1. The first-order chi connectivity index (χ1) is 11.4. The van der Waals surface area contributed by atoms with Gasteiger partial charge in [-0.3, -0.25) is 20.2 Å². The molecular weight excluding hydrogens is 334 g/mol. The van der Waals surface area contributed by atoms with Crippen LogP contribution in [0.2, 0.25) is 0 Å². The van der Waals surface area contributed by atoms with Crippen LogP contribution in [0.15, 0.2) is 48.5 Å². The summed E-state index contributed by atoms with van der Waals surface area (Å²) in [5.74, 6) is -1.71. The molecular formula is C15H11N3O5S. The van der Waals surface area contributed by atoms with E-state index in [0.717, 1.165) is 0 Å². The standard InChI is InChI=1S/C15H11N3O5S/c19-13(9-5-7-10(8-6-9)18(22)23)17-15(24)16-12-4-2-1-3-11(12)14(20)21/h1-8H,(H,20,21)(H2,16,17,19,24). The van der Waals surface area contributed by atoms with Crippen molar-refractivity contribution in [3.05, 3.63) is 69.8 Å². The second kappa shape index (κ2) is 7.29. The van der Waals surface area contributed by atoms with Crippen molar-refractivity contribution in [3.8, 4) is 0 Å². The highest BCUT2D eigenvalue weighted by Crippen LogP contribution is 2.15. The Kier molecular flexibility index (Phi) is 5.17. The van der Waals surface area contributed by atoms with Gasteiger partial charge in [-0.15, -0.1) is 0 Å². The number of nitro benzene ring substituents is 1. The van der Waals surface area contributed by atoms with Gasteiger partial charge < -0.3 is 10.4 Å². The third kappa shape index (κ3) is 4.11. The molecule has 3 N–H and O–H groups in total. The predicted octanol–water partition coefficient (Wildman–Crippen LogP) is 2.42. The lowest BCUT2D eigenvalue weighted by Crippen LogP contribution is -2.34. The molecule has 122 valence electrons. The Balaban J connectivity index is 2.06. The van der Waals surface area contributed by atoms with Gasteiger partial charge >= 0.3 is 5.97 Å². The van der Waals surface area contributed by atoms with E-state index in [4.69, 9.17) is 17.3 Å². The molecule has 0 atom stereocenters. The molecule has 0 bridgehead atoms. The van der Waals surface area contributed by atoms with Crippen molar-refractivity contribution in [2.75, 3.05) is 5.32 Å². The number of hydrogen-bond acceptors (Lipinski definition) is 5. The van der Waals surface area contributed by atoms with Gasteiger partial charge in [0.2, 0.25) is 0 Å². The highest BCUT2D eigenvalue weighted by Gasteiger charge is 2.13. The molecule has 2 aromatic rings. The number of carboxylic acid groups (broad SMARTS) is 1. The third-order valence-corrected chi connectivity index (χ3v) is 3.18. The minimum Gasteiger partial charge on any atom is -0.478 e. The van der Waals surface area contributed by atoms with Crippen LogP contribution in [0.3, 0.4) is 0 Å². The number of hydrogen-bond donors (Lipinski definition) is 3. The quantitative estimate of drug-likeness (QED) is 0.442. The monoisotopic (exact) mass is 345 g/mol. The van der Waals surface area contributed by atoms with E-state index in [0.29, 0.717) is 0 Å². The zero-order chi connectivity index (χ0) is 17.7. The topological polar surface area (TPSA) is 122 Å². The van der Waals surface area contributed by atoms with E-state index in [9.17, 15) is 19.7 Å². The van der Waals surface area contributed by atoms with Crippen LogP contribution in [0.5, 0.6) is 0 Å². The molecule has 0 unspecified atom stereocenters. The summed E-state index contributed by atoms with van der Waals surface area (Å²) in [5.41, 5.74) is 0.280. The van der Waals surface area contributed by atoms with Crippen LogP contribution in [-0.4, -0.2) is 27.0 Å². The number of benzene rings is 2. The Hall–Kier alpha value is -3.33. The normalized spacial score (nSPS) is 9.83. The predicted molar refractivity (Wildman–Crippen MR) is 90.2 cm³/mol. The number of carbonyl (C=O) groups is 2. The minimum absolute atomic E-state index is 0.00411. The maximum atomic E-state index is 12.0. The fourth-order valence-electron chi connectivity index (χ4n) is 1.84. The van der Waals surface area contributed by atoms with Crippen molar-refractivity contribution in [1.82, 2.24) is 5.32 Å². The van der Waals surface area contributed by atoms with E-state index >= 15 is 0 Å². The van der Waals surface area contributed by atoms with Gasteiger partial charge in [-0.1, -0.05) is 12.1 Å². The van der Waals surface area contributed by atoms with Crippen molar-refractivity contribution >= 4 is 40.6 Å². The molecule has 0 aliphatic rings. The van der Waals surface area contributed by atoms with Gasteiger partial charge in [-0.05, 0) is 36.5 Å². The van der Waals surface area contributed by atoms with E-state index in [1.807, 2.05) is 0 Å². The third-order valence-electron chi connectivity index (χ3n) is 2.97. The van der Waals surface area contributed by atoms with E-state index in [2.05, 4.69) is 10.6 Å². The Morgan fingerprint density at radius 3 is 2.29 bits per heavy atom. The highest BCUT2D eigenvalue weighted by molar-refractivity contribution is 7.80. The minimum atomic E-state index is -1.14. The molecule has 0 spiro atoms. The summed E-state index contributed by atoms with van der Waals surface area (Å²) >= 11 is 4.98. The molecule has 0 fully saturated rings. The van der Waals surface area contributed by atoms with E-state index < -0.39 is 16.8 Å². The average Bonchev–Trinajstić information content (AvgIpc) is 2.55. The Labute approximate surface area is 141 Å². The first kappa shape index (κ1) is 17.0. The number of nitrogens with one attached hydrogen (secondary N) is 2. The molecule has 8 nitrogen and oxygen atoms in total. The summed E-state index contributed by atoms with van der Waals surface area (Å²) < 4.78 is 0. The maximum absolute atomic E-state index is 12.0. The molecule has 0 aliphatic carbocycles. The number of rotatable bonds is 4. The number of nitro groups is 1. The van der Waals surface area contributed by atoms with Gasteiger partial charge in [0, 0.05) is 17.7 Å². The summed E-state index contributed by atoms with van der Waals surface area (Å²) in [4.78, 5) is 33.1. The molecule has 9 heteroatoms. The molecule has 1 amide bonds. The molecule has 0 saturated heterocycles. The number of nitrogens with zero attached hydrogens (tertiary/aromatic N) is 1. The number of carbonyl (C=O) groups excluding carboxylic acids is 1. The number of amides is 1. The van der Waals surface area contributed by atoms with Crippen molar-refractivity contribution in [2.45, 2.75) is 0 Å². The second-order valence-corrected chi connectivity index (χ2v) is 4.97. The van der Waals surface area contributed by atoms with Crippen LogP contribution >= 0.6 is 12.2 Å². The molecule has 24 heavy (non-hydrogen) atoms. The van der Waals surface area contributed by atoms with Crippen LogP contribution < -0.4 is 10.6 Å². The zero-order valence-electron chi connectivity index (χ0n) is 12.1. The number of carboxylic acids is 1. The molecule has 0 aliphatic heterocycles. The lowest BCUT2D eigenvalue weighted by Gasteiger charge is -2.11. The number of non-ortho nitro benzene ring substituents is 1. The first-order valence-corrected chi connectivity index (χ1v) is 6.98. The number of anilines is 1. The lowest BCUT2D eigenvalue weighted by molar-refractivity contribution is -0.384. The van der Waals surface area contributed by atoms with Crippen LogP contribution in [0.1, 0.15) is 20.7 Å². The first-order valence-electron chi connectivity index (χ1n) is 6.57. The fraction of sp³-hybridized carbons (Fsp3) is 0.